The Hall–Kier alpha value is -2.08. The predicted molar refractivity (Wildman–Crippen MR) is 114 cm³/mol. The summed E-state index contributed by atoms with van der Waals surface area (Å²) in [5, 5.41) is 3.18. The zero-order valence-electron chi connectivity index (χ0n) is 17.0. The van der Waals surface area contributed by atoms with E-state index in [2.05, 4.69) is 27.1 Å². The first-order valence-corrected chi connectivity index (χ1v) is 10.9. The summed E-state index contributed by atoms with van der Waals surface area (Å²) in [6, 6.07) is 8.78. The van der Waals surface area contributed by atoms with Crippen LogP contribution in [-0.4, -0.2) is 60.0 Å². The number of likely N-dealkylation sites (N-methyl/N-ethyl adjacent to an activating group) is 1. The lowest BCUT2D eigenvalue weighted by Crippen LogP contribution is -2.45. The molecular formula is C22H33N5O. The van der Waals surface area contributed by atoms with Crippen molar-refractivity contribution in [1.29, 1.82) is 0 Å². The van der Waals surface area contributed by atoms with Crippen molar-refractivity contribution in [3.05, 3.63) is 24.3 Å². The van der Waals surface area contributed by atoms with Gasteiger partial charge in [-0.15, -0.1) is 0 Å². The van der Waals surface area contributed by atoms with Crippen LogP contribution in [0.15, 0.2) is 24.3 Å². The minimum absolute atomic E-state index is 0.0435. The Bertz CT molecular complexity index is 749. The van der Waals surface area contributed by atoms with Crippen LogP contribution >= 0.6 is 0 Å². The molecule has 2 aliphatic rings. The molecule has 0 spiro atoms. The van der Waals surface area contributed by atoms with Crippen LogP contribution in [0.25, 0.3) is 11.0 Å². The average Bonchev–Trinajstić information content (AvgIpc) is 3.19. The highest BCUT2D eigenvalue weighted by Crippen LogP contribution is 2.24. The Labute approximate surface area is 167 Å². The smallest absolute Gasteiger partial charge is 0.224 e. The summed E-state index contributed by atoms with van der Waals surface area (Å²) in [5.41, 5.74) is 2.03. The number of hydrogen-bond acceptors (Lipinski definition) is 4. The van der Waals surface area contributed by atoms with Crippen LogP contribution in [0.1, 0.15) is 44.9 Å². The maximum absolute atomic E-state index is 12.7. The molecule has 1 amide bonds. The summed E-state index contributed by atoms with van der Waals surface area (Å²) in [7, 11) is 2.20. The highest BCUT2D eigenvalue weighted by atomic mass is 16.1. The summed E-state index contributed by atoms with van der Waals surface area (Å²) < 4.78 is 0. The Morgan fingerprint density at radius 2 is 2.04 bits per heavy atom. The quantitative estimate of drug-likeness (QED) is 0.804. The van der Waals surface area contributed by atoms with Gasteiger partial charge in [0.25, 0.3) is 0 Å². The normalized spacial score (nSPS) is 21.4. The number of imidazole rings is 1. The molecule has 6 heteroatoms. The van der Waals surface area contributed by atoms with Crippen LogP contribution in [0.3, 0.4) is 0 Å². The Morgan fingerprint density at radius 3 is 2.86 bits per heavy atom. The number of piperidine rings is 1. The molecule has 1 saturated heterocycles. The van der Waals surface area contributed by atoms with Crippen molar-refractivity contribution in [3.8, 4) is 0 Å². The lowest BCUT2D eigenvalue weighted by Gasteiger charge is -2.33. The van der Waals surface area contributed by atoms with E-state index in [9.17, 15) is 4.79 Å². The molecule has 1 saturated carbocycles. The highest BCUT2D eigenvalue weighted by Gasteiger charge is 2.27. The van der Waals surface area contributed by atoms with Crippen LogP contribution < -0.4 is 10.2 Å². The van der Waals surface area contributed by atoms with Crippen molar-refractivity contribution in [1.82, 2.24) is 20.2 Å². The van der Waals surface area contributed by atoms with Gasteiger partial charge < -0.3 is 20.1 Å². The van der Waals surface area contributed by atoms with E-state index in [1.54, 1.807) is 0 Å². The molecule has 0 radical (unpaired) electrons. The van der Waals surface area contributed by atoms with Gasteiger partial charge in [-0.25, -0.2) is 4.98 Å². The van der Waals surface area contributed by atoms with Gasteiger partial charge in [0.2, 0.25) is 11.9 Å². The summed E-state index contributed by atoms with van der Waals surface area (Å²) in [5.74, 6) is 1.12. The minimum Gasteiger partial charge on any atom is -0.355 e. The third-order valence-corrected chi connectivity index (χ3v) is 6.43. The molecule has 1 aliphatic carbocycles. The SMILES string of the molecule is CN(CCNC(=O)[C@@H]1CCCN(c2nc3ccccc3[nH]2)C1)C1CCCCC1. The number of rotatable bonds is 6. The fourth-order valence-electron chi connectivity index (χ4n) is 4.68. The lowest BCUT2D eigenvalue weighted by atomic mass is 9.94. The van der Waals surface area contributed by atoms with Gasteiger partial charge in [-0.2, -0.15) is 0 Å². The summed E-state index contributed by atoms with van der Waals surface area (Å²) in [6.45, 7) is 3.38. The zero-order chi connectivity index (χ0) is 19.3. The largest absolute Gasteiger partial charge is 0.355 e. The molecule has 1 aliphatic heterocycles. The Morgan fingerprint density at radius 1 is 1.21 bits per heavy atom. The second-order valence-corrected chi connectivity index (χ2v) is 8.43. The van der Waals surface area contributed by atoms with Crippen LogP contribution in [-0.2, 0) is 4.79 Å². The number of nitrogens with one attached hydrogen (secondary N) is 2. The standard InChI is InChI=1S/C22H33N5O/c1-26(18-9-3-2-4-10-18)15-13-23-21(28)17-8-7-14-27(16-17)22-24-19-11-5-6-12-20(19)25-22/h5-6,11-12,17-18H,2-4,7-10,13-16H2,1H3,(H,23,28)(H,24,25)/t17-/m1/s1. The summed E-state index contributed by atoms with van der Waals surface area (Å²) >= 11 is 0. The molecule has 28 heavy (non-hydrogen) atoms. The molecule has 4 rings (SSSR count). The van der Waals surface area contributed by atoms with Gasteiger partial charge in [-0.05, 0) is 44.9 Å². The van der Waals surface area contributed by atoms with Crippen molar-refractivity contribution in [2.24, 2.45) is 5.92 Å². The van der Waals surface area contributed by atoms with Crippen LogP contribution in [0.5, 0.6) is 0 Å². The first kappa shape index (κ1) is 19.2. The first-order chi connectivity index (χ1) is 13.7. The molecule has 152 valence electrons. The van der Waals surface area contributed by atoms with Crippen LogP contribution in [0.4, 0.5) is 5.95 Å². The van der Waals surface area contributed by atoms with E-state index in [1.165, 1.54) is 32.1 Å². The minimum atomic E-state index is 0.0435. The number of aromatic nitrogens is 2. The van der Waals surface area contributed by atoms with E-state index in [0.29, 0.717) is 6.04 Å². The highest BCUT2D eigenvalue weighted by molar-refractivity contribution is 5.80. The second-order valence-electron chi connectivity index (χ2n) is 8.43. The molecule has 2 N–H and O–H groups in total. The van der Waals surface area contributed by atoms with Gasteiger partial charge in [0.15, 0.2) is 0 Å². The monoisotopic (exact) mass is 383 g/mol. The number of benzene rings is 1. The van der Waals surface area contributed by atoms with E-state index >= 15 is 0 Å². The molecule has 6 nitrogen and oxygen atoms in total. The van der Waals surface area contributed by atoms with Gasteiger partial charge in [0.05, 0.1) is 17.0 Å². The van der Waals surface area contributed by atoms with E-state index in [-0.39, 0.29) is 11.8 Å². The number of H-pyrrole nitrogens is 1. The number of aromatic amines is 1. The number of para-hydroxylation sites is 2. The number of anilines is 1. The molecule has 0 unspecified atom stereocenters. The number of nitrogens with zero attached hydrogens (tertiary/aromatic N) is 3. The van der Waals surface area contributed by atoms with Gasteiger partial charge in [-0.3, -0.25) is 4.79 Å². The van der Waals surface area contributed by atoms with Gasteiger partial charge in [-0.1, -0.05) is 31.4 Å². The number of carbonyl (C=O) groups is 1. The van der Waals surface area contributed by atoms with Crippen LogP contribution in [0.2, 0.25) is 0 Å². The first-order valence-electron chi connectivity index (χ1n) is 10.9. The Balaban J connectivity index is 1.27. The number of fused-ring (bicyclic) bond motifs is 1. The third kappa shape index (κ3) is 4.49. The molecule has 1 atom stereocenters. The molecule has 2 aromatic rings. The number of carbonyl (C=O) groups excluding carboxylic acids is 1. The maximum Gasteiger partial charge on any atom is 0.224 e. The molecule has 2 fully saturated rings. The number of amides is 1. The van der Waals surface area contributed by atoms with Crippen molar-refractivity contribution in [2.75, 3.05) is 38.1 Å². The zero-order valence-corrected chi connectivity index (χ0v) is 17.0. The molecule has 0 bridgehead atoms. The summed E-state index contributed by atoms with van der Waals surface area (Å²) in [6.07, 6.45) is 8.67. The van der Waals surface area contributed by atoms with Gasteiger partial charge >= 0.3 is 0 Å². The maximum atomic E-state index is 12.7. The van der Waals surface area contributed by atoms with E-state index < -0.39 is 0 Å². The average molecular weight is 384 g/mol. The topological polar surface area (TPSA) is 64.3 Å². The van der Waals surface area contributed by atoms with Crippen molar-refractivity contribution in [2.45, 2.75) is 51.0 Å². The van der Waals surface area contributed by atoms with E-state index in [1.807, 2.05) is 24.3 Å². The molecular weight excluding hydrogens is 350 g/mol. The summed E-state index contributed by atoms with van der Waals surface area (Å²) in [4.78, 5) is 25.5. The van der Waals surface area contributed by atoms with Crippen LogP contribution in [0, 0.1) is 5.92 Å². The Kier molecular flexibility index (Phi) is 6.15. The van der Waals surface area contributed by atoms with E-state index in [0.717, 1.165) is 56.0 Å². The molecule has 1 aromatic heterocycles. The van der Waals surface area contributed by atoms with Crippen molar-refractivity contribution < 1.29 is 4.79 Å². The lowest BCUT2D eigenvalue weighted by molar-refractivity contribution is -0.125. The van der Waals surface area contributed by atoms with Crippen molar-refractivity contribution >= 4 is 22.9 Å². The molecule has 1 aromatic carbocycles. The van der Waals surface area contributed by atoms with Gasteiger partial charge in [0.1, 0.15) is 0 Å². The van der Waals surface area contributed by atoms with E-state index in [4.69, 9.17) is 4.98 Å². The van der Waals surface area contributed by atoms with Gasteiger partial charge in [0, 0.05) is 32.2 Å². The third-order valence-electron chi connectivity index (χ3n) is 6.43. The molecule has 2 heterocycles. The second kappa shape index (κ2) is 8.95. The van der Waals surface area contributed by atoms with Crippen molar-refractivity contribution in [3.63, 3.8) is 0 Å². The fraction of sp³-hybridized carbons (Fsp3) is 0.636. The number of hydrogen-bond donors (Lipinski definition) is 2. The predicted octanol–water partition coefficient (Wildman–Crippen LogP) is 3.16. The fourth-order valence-corrected chi connectivity index (χ4v) is 4.68.